The first kappa shape index (κ1) is 10.1. The molecule has 0 aliphatic carbocycles. The Morgan fingerprint density at radius 2 is 2.06 bits per heavy atom. The van der Waals surface area contributed by atoms with Crippen molar-refractivity contribution in [1.29, 1.82) is 0 Å². The summed E-state index contributed by atoms with van der Waals surface area (Å²) in [7, 11) is 0. The van der Waals surface area contributed by atoms with Gasteiger partial charge in [-0.1, -0.05) is 18.2 Å². The first-order valence-corrected chi connectivity index (χ1v) is 5.80. The first-order chi connectivity index (χ1) is 8.25. The Balaban J connectivity index is 1.85. The van der Waals surface area contributed by atoms with E-state index in [1.807, 2.05) is 30.6 Å². The summed E-state index contributed by atoms with van der Waals surface area (Å²) in [6, 6.07) is 12.3. The van der Waals surface area contributed by atoms with Crippen molar-refractivity contribution < 1.29 is 0 Å². The minimum atomic E-state index is -0.253. The second kappa shape index (κ2) is 3.77. The lowest BCUT2D eigenvalue weighted by molar-refractivity contribution is 0.532. The van der Waals surface area contributed by atoms with Gasteiger partial charge < -0.3 is 10.3 Å². The summed E-state index contributed by atoms with van der Waals surface area (Å²) in [5, 5.41) is 3.48. The van der Waals surface area contributed by atoms with Crippen LogP contribution in [0.4, 0.5) is 5.69 Å². The fraction of sp³-hybridized carbons (Fsp3) is 0.214. The van der Waals surface area contributed by atoms with E-state index in [1.165, 1.54) is 5.56 Å². The minimum absolute atomic E-state index is 0.253. The van der Waals surface area contributed by atoms with Gasteiger partial charge in [0.25, 0.3) is 0 Å². The van der Waals surface area contributed by atoms with Gasteiger partial charge in [0.1, 0.15) is 5.66 Å². The van der Waals surface area contributed by atoms with Crippen LogP contribution in [0.1, 0.15) is 18.2 Å². The van der Waals surface area contributed by atoms with Gasteiger partial charge in [-0.25, -0.2) is 0 Å². The van der Waals surface area contributed by atoms with Gasteiger partial charge in [0.2, 0.25) is 0 Å². The van der Waals surface area contributed by atoms with E-state index in [0.29, 0.717) is 0 Å². The molecule has 0 saturated heterocycles. The van der Waals surface area contributed by atoms with E-state index in [-0.39, 0.29) is 5.66 Å². The van der Waals surface area contributed by atoms with Crippen molar-refractivity contribution in [3.63, 3.8) is 0 Å². The van der Waals surface area contributed by atoms with Crippen molar-refractivity contribution in [3.8, 4) is 0 Å². The summed E-state index contributed by atoms with van der Waals surface area (Å²) >= 11 is 0. The highest BCUT2D eigenvalue weighted by atomic mass is 15.1. The van der Waals surface area contributed by atoms with Crippen LogP contribution in [0.15, 0.2) is 47.6 Å². The predicted molar refractivity (Wildman–Crippen MR) is 70.6 cm³/mol. The van der Waals surface area contributed by atoms with Crippen molar-refractivity contribution in [2.75, 3.05) is 5.32 Å². The molecule has 1 aliphatic rings. The molecule has 0 amide bonds. The van der Waals surface area contributed by atoms with Crippen molar-refractivity contribution in [2.45, 2.75) is 19.0 Å². The van der Waals surface area contributed by atoms with Crippen LogP contribution in [0, 0.1) is 0 Å². The third-order valence-corrected chi connectivity index (χ3v) is 3.07. The van der Waals surface area contributed by atoms with Crippen molar-refractivity contribution >= 4 is 11.9 Å². The van der Waals surface area contributed by atoms with E-state index >= 15 is 0 Å². The molecular weight excluding hydrogens is 210 g/mol. The molecular formula is C14H15N3. The molecule has 2 N–H and O–H groups in total. The van der Waals surface area contributed by atoms with E-state index in [0.717, 1.165) is 17.8 Å². The van der Waals surface area contributed by atoms with Crippen molar-refractivity contribution in [2.24, 2.45) is 4.99 Å². The zero-order valence-electron chi connectivity index (χ0n) is 9.77. The Morgan fingerprint density at radius 3 is 2.88 bits per heavy atom. The molecule has 1 atom stereocenters. The summed E-state index contributed by atoms with van der Waals surface area (Å²) in [6.45, 7) is 2.12. The zero-order valence-corrected chi connectivity index (χ0v) is 9.77. The molecule has 1 aromatic heterocycles. The zero-order chi connectivity index (χ0) is 11.7. The molecule has 17 heavy (non-hydrogen) atoms. The second-order valence-electron chi connectivity index (χ2n) is 4.62. The standard InChI is InChI=1S/C14H15N3/c1-14(17-12-5-3-2-4-6-12)9-11-7-8-15-13(11)10-16-14/h2-8,10,15,17H,9H2,1H3. The monoisotopic (exact) mass is 225 g/mol. The molecule has 3 rings (SSSR count). The number of aromatic nitrogens is 1. The summed E-state index contributed by atoms with van der Waals surface area (Å²) in [5.74, 6) is 0. The molecule has 1 aromatic carbocycles. The molecule has 3 heteroatoms. The van der Waals surface area contributed by atoms with E-state index in [2.05, 4.69) is 40.4 Å². The highest BCUT2D eigenvalue weighted by Gasteiger charge is 2.27. The van der Waals surface area contributed by atoms with Gasteiger partial charge in [-0.15, -0.1) is 0 Å². The molecule has 0 fully saturated rings. The fourth-order valence-corrected chi connectivity index (χ4v) is 2.22. The van der Waals surface area contributed by atoms with Crippen LogP contribution in [0.2, 0.25) is 0 Å². The molecule has 1 unspecified atom stereocenters. The Kier molecular flexibility index (Phi) is 2.25. The number of hydrogen-bond donors (Lipinski definition) is 2. The van der Waals surface area contributed by atoms with Gasteiger partial charge in [-0.3, -0.25) is 4.99 Å². The van der Waals surface area contributed by atoms with Gasteiger partial charge in [0.05, 0.1) is 5.69 Å². The Morgan fingerprint density at radius 1 is 1.24 bits per heavy atom. The van der Waals surface area contributed by atoms with Crippen LogP contribution in [-0.4, -0.2) is 16.9 Å². The number of H-pyrrole nitrogens is 1. The van der Waals surface area contributed by atoms with Crippen molar-refractivity contribution in [3.05, 3.63) is 53.9 Å². The minimum Gasteiger partial charge on any atom is -0.361 e. The van der Waals surface area contributed by atoms with Gasteiger partial charge in [-0.2, -0.15) is 0 Å². The van der Waals surface area contributed by atoms with E-state index in [9.17, 15) is 0 Å². The summed E-state index contributed by atoms with van der Waals surface area (Å²) in [5.41, 5.74) is 3.28. The summed E-state index contributed by atoms with van der Waals surface area (Å²) < 4.78 is 0. The number of rotatable bonds is 2. The summed E-state index contributed by atoms with van der Waals surface area (Å²) in [4.78, 5) is 7.79. The lowest BCUT2D eigenvalue weighted by Crippen LogP contribution is -2.37. The van der Waals surface area contributed by atoms with Gasteiger partial charge in [-0.05, 0) is 30.7 Å². The maximum atomic E-state index is 4.60. The van der Waals surface area contributed by atoms with Crippen LogP contribution >= 0.6 is 0 Å². The van der Waals surface area contributed by atoms with Gasteiger partial charge in [0.15, 0.2) is 0 Å². The fourth-order valence-electron chi connectivity index (χ4n) is 2.22. The Hall–Kier alpha value is -2.03. The normalized spacial score (nSPS) is 22.2. The van der Waals surface area contributed by atoms with Crippen LogP contribution in [0.25, 0.3) is 0 Å². The van der Waals surface area contributed by atoms with Gasteiger partial charge in [0, 0.05) is 24.5 Å². The number of aromatic amines is 1. The molecule has 0 radical (unpaired) electrons. The maximum absolute atomic E-state index is 4.60. The molecule has 0 bridgehead atoms. The van der Waals surface area contributed by atoms with Crippen LogP contribution in [0.3, 0.4) is 0 Å². The number of nitrogens with zero attached hydrogens (tertiary/aromatic N) is 1. The third-order valence-electron chi connectivity index (χ3n) is 3.07. The van der Waals surface area contributed by atoms with E-state index in [1.54, 1.807) is 0 Å². The molecule has 2 heterocycles. The van der Waals surface area contributed by atoms with Crippen LogP contribution in [0.5, 0.6) is 0 Å². The average Bonchev–Trinajstić information content (AvgIpc) is 2.76. The summed E-state index contributed by atoms with van der Waals surface area (Å²) in [6.07, 6.45) is 4.77. The third kappa shape index (κ3) is 1.96. The lowest BCUT2D eigenvalue weighted by atomic mass is 9.99. The van der Waals surface area contributed by atoms with E-state index in [4.69, 9.17) is 0 Å². The molecule has 3 nitrogen and oxygen atoms in total. The Labute approximate surface area is 101 Å². The number of fused-ring (bicyclic) bond motifs is 1. The number of aliphatic imine (C=N–C) groups is 1. The van der Waals surface area contributed by atoms with Crippen molar-refractivity contribution in [1.82, 2.24) is 4.98 Å². The largest absolute Gasteiger partial charge is 0.361 e. The molecule has 1 aliphatic heterocycles. The van der Waals surface area contributed by atoms with Gasteiger partial charge >= 0.3 is 0 Å². The molecule has 0 spiro atoms. The molecule has 2 aromatic rings. The van der Waals surface area contributed by atoms with Crippen LogP contribution in [-0.2, 0) is 6.42 Å². The first-order valence-electron chi connectivity index (χ1n) is 5.80. The number of anilines is 1. The molecule has 0 saturated carbocycles. The lowest BCUT2D eigenvalue weighted by Gasteiger charge is -2.30. The maximum Gasteiger partial charge on any atom is 0.130 e. The van der Waals surface area contributed by atoms with E-state index < -0.39 is 0 Å². The number of para-hydroxylation sites is 1. The highest BCUT2D eigenvalue weighted by Crippen LogP contribution is 2.25. The number of benzene rings is 1. The SMILES string of the molecule is CC1(Nc2ccccc2)Cc2cc[nH]c2C=N1. The highest BCUT2D eigenvalue weighted by molar-refractivity contribution is 5.81. The van der Waals surface area contributed by atoms with Crippen LogP contribution < -0.4 is 5.32 Å². The number of hydrogen-bond acceptors (Lipinski definition) is 2. The second-order valence-corrected chi connectivity index (χ2v) is 4.62. The topological polar surface area (TPSA) is 40.2 Å². The smallest absolute Gasteiger partial charge is 0.130 e. The Bertz CT molecular complexity index is 542. The molecule has 86 valence electrons. The quantitative estimate of drug-likeness (QED) is 0.810. The average molecular weight is 225 g/mol. The number of nitrogens with one attached hydrogen (secondary N) is 2. The predicted octanol–water partition coefficient (Wildman–Crippen LogP) is 2.82.